The van der Waals surface area contributed by atoms with Crippen molar-refractivity contribution < 1.29 is 24.5 Å². The molecule has 2 unspecified atom stereocenters. The molecule has 7 nitrogen and oxygen atoms in total. The van der Waals surface area contributed by atoms with Crippen LogP contribution in [0.3, 0.4) is 0 Å². The van der Waals surface area contributed by atoms with Crippen LogP contribution in [0.4, 0.5) is 4.79 Å². The molecular formula is C9H18N2O5. The zero-order valence-corrected chi connectivity index (χ0v) is 9.50. The van der Waals surface area contributed by atoms with Crippen molar-refractivity contribution in [2.24, 2.45) is 0 Å². The van der Waals surface area contributed by atoms with Crippen LogP contribution in [0.25, 0.3) is 0 Å². The first-order chi connectivity index (χ1) is 7.71. The zero-order chi connectivity index (χ0) is 12.1. The molecule has 0 bridgehead atoms. The Balaban J connectivity index is 2.83. The van der Waals surface area contributed by atoms with Gasteiger partial charge >= 0.3 is 6.03 Å². The molecular weight excluding hydrogens is 216 g/mol. The lowest BCUT2D eigenvalue weighted by Gasteiger charge is -2.24. The van der Waals surface area contributed by atoms with Crippen molar-refractivity contribution in [3.05, 3.63) is 0 Å². The van der Waals surface area contributed by atoms with E-state index in [2.05, 4.69) is 0 Å². The van der Waals surface area contributed by atoms with Gasteiger partial charge in [-0.1, -0.05) is 0 Å². The van der Waals surface area contributed by atoms with Gasteiger partial charge in [0.1, 0.15) is 12.8 Å². The number of urea groups is 1. The Hall–Kier alpha value is -0.890. The number of hydrogen-bond acceptors (Lipinski definition) is 5. The van der Waals surface area contributed by atoms with E-state index in [1.54, 1.807) is 0 Å². The molecule has 1 rings (SSSR count). The first kappa shape index (κ1) is 13.2. The van der Waals surface area contributed by atoms with E-state index in [4.69, 9.17) is 14.6 Å². The van der Waals surface area contributed by atoms with Crippen molar-refractivity contribution >= 4 is 6.03 Å². The first-order valence-electron chi connectivity index (χ1n) is 5.02. The minimum atomic E-state index is -0.552. The van der Waals surface area contributed by atoms with E-state index in [0.717, 1.165) is 0 Å². The summed E-state index contributed by atoms with van der Waals surface area (Å²) in [5.41, 5.74) is 0. The fourth-order valence-corrected chi connectivity index (χ4v) is 1.89. The third-order valence-corrected chi connectivity index (χ3v) is 2.57. The van der Waals surface area contributed by atoms with Crippen LogP contribution in [-0.2, 0) is 9.47 Å². The van der Waals surface area contributed by atoms with Crippen molar-refractivity contribution in [3.63, 3.8) is 0 Å². The van der Waals surface area contributed by atoms with E-state index >= 15 is 0 Å². The van der Waals surface area contributed by atoms with E-state index in [-0.39, 0.29) is 32.5 Å². The van der Waals surface area contributed by atoms with Gasteiger partial charge in [-0.2, -0.15) is 0 Å². The van der Waals surface area contributed by atoms with Gasteiger partial charge in [0.15, 0.2) is 6.23 Å². The molecule has 0 aliphatic carbocycles. The van der Waals surface area contributed by atoms with Gasteiger partial charge in [0, 0.05) is 20.8 Å². The van der Waals surface area contributed by atoms with Crippen molar-refractivity contribution in [2.45, 2.75) is 12.3 Å². The van der Waals surface area contributed by atoms with E-state index < -0.39 is 12.3 Å². The maximum Gasteiger partial charge on any atom is 0.324 e. The summed E-state index contributed by atoms with van der Waals surface area (Å²) < 4.78 is 10.1. The summed E-state index contributed by atoms with van der Waals surface area (Å²) in [5, 5.41) is 18.1. The van der Waals surface area contributed by atoms with Crippen molar-refractivity contribution in [1.29, 1.82) is 0 Å². The van der Waals surface area contributed by atoms with Crippen LogP contribution in [0.5, 0.6) is 0 Å². The number of nitrogens with zero attached hydrogens (tertiary/aromatic N) is 2. The summed E-state index contributed by atoms with van der Waals surface area (Å²) >= 11 is 0. The van der Waals surface area contributed by atoms with Gasteiger partial charge in [-0.15, -0.1) is 0 Å². The SMILES string of the molecule is COCN1C(=O)N(CCO)C(CO)C1OC. The maximum absolute atomic E-state index is 11.9. The molecule has 0 aromatic carbocycles. The molecule has 0 aromatic heterocycles. The number of ether oxygens (including phenoxy) is 2. The van der Waals surface area contributed by atoms with Crippen LogP contribution in [0.1, 0.15) is 0 Å². The van der Waals surface area contributed by atoms with E-state index in [9.17, 15) is 9.90 Å². The highest BCUT2D eigenvalue weighted by molar-refractivity contribution is 5.77. The second-order valence-electron chi connectivity index (χ2n) is 3.46. The Bertz CT molecular complexity index is 216. The smallest absolute Gasteiger partial charge is 0.324 e. The van der Waals surface area contributed by atoms with Gasteiger partial charge in [-0.3, -0.25) is 4.90 Å². The highest BCUT2D eigenvalue weighted by Gasteiger charge is 2.45. The molecule has 0 radical (unpaired) electrons. The van der Waals surface area contributed by atoms with Crippen LogP contribution >= 0.6 is 0 Å². The molecule has 0 aromatic rings. The van der Waals surface area contributed by atoms with Crippen LogP contribution in [-0.4, -0.2) is 79.0 Å². The van der Waals surface area contributed by atoms with Crippen molar-refractivity contribution in [1.82, 2.24) is 9.80 Å². The summed E-state index contributed by atoms with van der Waals surface area (Å²) in [6, 6.07) is -0.776. The predicted octanol–water partition coefficient (Wildman–Crippen LogP) is -1.35. The summed E-state index contributed by atoms with van der Waals surface area (Å²) in [5.74, 6) is 0. The summed E-state index contributed by atoms with van der Waals surface area (Å²) in [6.07, 6.45) is -0.552. The lowest BCUT2D eigenvalue weighted by Crippen LogP contribution is -2.42. The number of methoxy groups -OCH3 is 2. The summed E-state index contributed by atoms with van der Waals surface area (Å²) in [7, 11) is 2.94. The van der Waals surface area contributed by atoms with Crippen molar-refractivity contribution in [3.8, 4) is 0 Å². The Morgan fingerprint density at radius 3 is 2.44 bits per heavy atom. The summed E-state index contributed by atoms with van der Waals surface area (Å²) in [4.78, 5) is 14.6. The van der Waals surface area contributed by atoms with Crippen molar-refractivity contribution in [2.75, 3.05) is 40.7 Å². The molecule has 1 heterocycles. The maximum atomic E-state index is 11.9. The standard InChI is InChI=1S/C9H18N2O5/c1-15-6-11-8(16-2)7(5-13)10(3-4-12)9(11)14/h7-8,12-13H,3-6H2,1-2H3. The minimum Gasteiger partial charge on any atom is -0.395 e. The lowest BCUT2D eigenvalue weighted by atomic mass is 10.2. The molecule has 2 N–H and O–H groups in total. The van der Waals surface area contributed by atoms with Gasteiger partial charge < -0.3 is 24.6 Å². The zero-order valence-electron chi connectivity index (χ0n) is 9.50. The molecule has 7 heteroatoms. The Morgan fingerprint density at radius 1 is 1.31 bits per heavy atom. The average Bonchev–Trinajstić information content (AvgIpc) is 2.54. The Kier molecular flexibility index (Phi) is 4.94. The highest BCUT2D eigenvalue weighted by Crippen LogP contribution is 2.22. The van der Waals surface area contributed by atoms with Crippen LogP contribution in [0, 0.1) is 0 Å². The molecule has 16 heavy (non-hydrogen) atoms. The fraction of sp³-hybridized carbons (Fsp3) is 0.889. The highest BCUT2D eigenvalue weighted by atomic mass is 16.5. The molecule has 2 atom stereocenters. The number of carbonyl (C=O) groups is 1. The number of aliphatic hydroxyl groups is 2. The van der Waals surface area contributed by atoms with Gasteiger partial charge in [0.2, 0.25) is 0 Å². The van der Waals surface area contributed by atoms with Gasteiger partial charge in [-0.25, -0.2) is 4.79 Å². The topological polar surface area (TPSA) is 82.5 Å². The van der Waals surface area contributed by atoms with E-state index in [1.165, 1.54) is 24.0 Å². The fourth-order valence-electron chi connectivity index (χ4n) is 1.89. The molecule has 0 spiro atoms. The molecule has 1 aliphatic rings. The number of carbonyl (C=O) groups excluding carboxylic acids is 1. The van der Waals surface area contributed by atoms with E-state index in [0.29, 0.717) is 0 Å². The Morgan fingerprint density at radius 2 is 2.00 bits per heavy atom. The molecule has 1 saturated heterocycles. The van der Waals surface area contributed by atoms with Crippen LogP contribution < -0.4 is 0 Å². The predicted molar refractivity (Wildman–Crippen MR) is 54.6 cm³/mol. The number of aliphatic hydroxyl groups excluding tert-OH is 2. The monoisotopic (exact) mass is 234 g/mol. The molecule has 2 amide bonds. The quantitative estimate of drug-likeness (QED) is 0.594. The molecule has 94 valence electrons. The normalized spacial score (nSPS) is 25.6. The average molecular weight is 234 g/mol. The number of hydrogen-bond donors (Lipinski definition) is 2. The Labute approximate surface area is 94.1 Å². The third-order valence-electron chi connectivity index (χ3n) is 2.57. The largest absolute Gasteiger partial charge is 0.395 e. The third kappa shape index (κ3) is 2.27. The van der Waals surface area contributed by atoms with Gasteiger partial charge in [-0.05, 0) is 0 Å². The molecule has 0 saturated carbocycles. The number of amides is 2. The summed E-state index contributed by atoms with van der Waals surface area (Å²) in [6.45, 7) is -0.107. The van der Waals surface area contributed by atoms with Crippen LogP contribution in [0.15, 0.2) is 0 Å². The van der Waals surface area contributed by atoms with E-state index in [1.807, 2.05) is 0 Å². The number of β-amino-alcohol motifs (C(OH)–C–C–N with tert-alkyl or cyclic N) is 1. The number of rotatable bonds is 6. The second kappa shape index (κ2) is 6.00. The second-order valence-corrected chi connectivity index (χ2v) is 3.46. The van der Waals surface area contributed by atoms with Gasteiger partial charge in [0.05, 0.1) is 13.2 Å². The molecule has 1 fully saturated rings. The first-order valence-corrected chi connectivity index (χ1v) is 5.02. The molecule has 1 aliphatic heterocycles. The van der Waals surface area contributed by atoms with Gasteiger partial charge in [0.25, 0.3) is 0 Å². The minimum absolute atomic E-state index is 0.0930. The lowest BCUT2D eigenvalue weighted by molar-refractivity contribution is -0.0574. The van der Waals surface area contributed by atoms with Crippen LogP contribution in [0.2, 0.25) is 0 Å².